The molecule has 2 rings (SSSR count). The molecule has 0 aliphatic rings. The Labute approximate surface area is 122 Å². The van der Waals surface area contributed by atoms with Gasteiger partial charge >= 0.3 is 11.6 Å². The molecule has 0 aliphatic carbocycles. The van der Waals surface area contributed by atoms with Crippen molar-refractivity contribution >= 4 is 23.0 Å². The van der Waals surface area contributed by atoms with Gasteiger partial charge in [-0.2, -0.15) is 4.98 Å². The van der Waals surface area contributed by atoms with Crippen molar-refractivity contribution in [3.05, 3.63) is 55.5 Å². The third-order valence-electron chi connectivity index (χ3n) is 2.59. The van der Waals surface area contributed by atoms with Crippen LogP contribution in [0.25, 0.3) is 0 Å². The molecule has 1 aromatic heterocycles. The zero-order chi connectivity index (χ0) is 15.6. The number of hydrogen-bond donors (Lipinski definition) is 0. The Morgan fingerprint density at radius 3 is 2.52 bits per heavy atom. The van der Waals surface area contributed by atoms with Crippen LogP contribution in [-0.2, 0) is 0 Å². The smallest absolute Gasteiger partial charge is 0.368 e. The van der Waals surface area contributed by atoms with Crippen molar-refractivity contribution in [3.8, 4) is 11.6 Å². The Hall–Kier alpha value is -2.81. The lowest BCUT2D eigenvalue weighted by Gasteiger charge is -2.08. The van der Waals surface area contributed by atoms with Crippen LogP contribution in [-0.4, -0.2) is 19.8 Å². The van der Waals surface area contributed by atoms with Crippen LogP contribution in [0.15, 0.2) is 24.5 Å². The summed E-state index contributed by atoms with van der Waals surface area (Å²) in [5, 5.41) is 21.4. The number of nitro groups is 2. The molecule has 0 unspecified atom stereocenters. The zero-order valence-electron chi connectivity index (χ0n) is 10.5. The highest BCUT2D eigenvalue weighted by Crippen LogP contribution is 2.36. The molecule has 0 saturated heterocycles. The van der Waals surface area contributed by atoms with Crippen molar-refractivity contribution in [3.63, 3.8) is 0 Å². The summed E-state index contributed by atoms with van der Waals surface area (Å²) < 4.78 is 5.29. The summed E-state index contributed by atoms with van der Waals surface area (Å²) in [4.78, 5) is 27.6. The first-order valence-electron chi connectivity index (χ1n) is 5.48. The minimum atomic E-state index is -0.787. The third kappa shape index (κ3) is 2.87. The van der Waals surface area contributed by atoms with Gasteiger partial charge in [-0.15, -0.1) is 0 Å². The van der Waals surface area contributed by atoms with E-state index in [0.717, 1.165) is 6.33 Å². The van der Waals surface area contributed by atoms with Gasteiger partial charge < -0.3 is 4.74 Å². The molecule has 1 heterocycles. The maximum atomic E-state index is 10.9. The van der Waals surface area contributed by atoms with Gasteiger partial charge in [0.05, 0.1) is 15.4 Å². The first-order chi connectivity index (χ1) is 9.91. The first-order valence-corrected chi connectivity index (χ1v) is 5.86. The third-order valence-corrected chi connectivity index (χ3v) is 2.86. The van der Waals surface area contributed by atoms with Crippen LogP contribution < -0.4 is 4.74 Å². The monoisotopic (exact) mass is 310 g/mol. The summed E-state index contributed by atoms with van der Waals surface area (Å²) in [6.45, 7) is 1.46. The molecule has 0 fully saturated rings. The second kappa shape index (κ2) is 5.67. The number of aromatic nitrogens is 2. The number of benzene rings is 1. The van der Waals surface area contributed by atoms with Crippen LogP contribution in [0.5, 0.6) is 11.6 Å². The van der Waals surface area contributed by atoms with Crippen LogP contribution in [0.4, 0.5) is 11.4 Å². The predicted molar refractivity (Wildman–Crippen MR) is 71.6 cm³/mol. The first kappa shape index (κ1) is 14.6. The number of nitro benzene ring substituents is 1. The molecule has 0 aliphatic heterocycles. The van der Waals surface area contributed by atoms with Crippen LogP contribution in [0.3, 0.4) is 0 Å². The minimum Gasteiger partial charge on any atom is -0.433 e. The van der Waals surface area contributed by atoms with Crippen LogP contribution in [0.2, 0.25) is 5.15 Å². The zero-order valence-corrected chi connectivity index (χ0v) is 11.3. The average Bonchev–Trinajstić information content (AvgIpc) is 2.40. The van der Waals surface area contributed by atoms with Crippen molar-refractivity contribution < 1.29 is 14.6 Å². The second-order valence-electron chi connectivity index (χ2n) is 3.83. The maximum Gasteiger partial charge on any atom is 0.368 e. The van der Waals surface area contributed by atoms with Gasteiger partial charge in [0.15, 0.2) is 0 Å². The Balaban J connectivity index is 2.49. The fourth-order valence-electron chi connectivity index (χ4n) is 1.59. The highest BCUT2D eigenvalue weighted by atomic mass is 35.5. The normalized spacial score (nSPS) is 10.2. The highest BCUT2D eigenvalue weighted by molar-refractivity contribution is 6.31. The van der Waals surface area contributed by atoms with Crippen molar-refractivity contribution in [1.82, 2.24) is 9.97 Å². The summed E-state index contributed by atoms with van der Waals surface area (Å²) in [5.41, 5.74) is -0.563. The molecule has 108 valence electrons. The molecule has 10 heteroatoms. The lowest BCUT2D eigenvalue weighted by Crippen LogP contribution is -2.00. The van der Waals surface area contributed by atoms with Crippen molar-refractivity contribution in [1.29, 1.82) is 0 Å². The predicted octanol–water partition coefficient (Wildman–Crippen LogP) is 3.05. The molecule has 0 amide bonds. The largest absolute Gasteiger partial charge is 0.433 e. The van der Waals surface area contributed by atoms with Crippen LogP contribution in [0, 0.1) is 27.2 Å². The SMILES string of the molecule is Cc1c(Oc2ncnc(Cl)c2[N+](=O)[O-])cccc1[N+](=O)[O-]. The molecule has 0 bridgehead atoms. The van der Waals surface area contributed by atoms with E-state index in [1.807, 2.05) is 0 Å². The quantitative estimate of drug-likeness (QED) is 0.483. The van der Waals surface area contributed by atoms with E-state index in [2.05, 4.69) is 9.97 Å². The fourth-order valence-corrected chi connectivity index (χ4v) is 1.78. The van der Waals surface area contributed by atoms with E-state index in [-0.39, 0.29) is 28.0 Å². The summed E-state index contributed by atoms with van der Waals surface area (Å²) in [6, 6.07) is 4.13. The van der Waals surface area contributed by atoms with Gasteiger partial charge in [0.2, 0.25) is 5.15 Å². The Bertz CT molecular complexity index is 737. The average molecular weight is 311 g/mol. The summed E-state index contributed by atoms with van der Waals surface area (Å²) in [5.74, 6) is -0.314. The van der Waals surface area contributed by atoms with E-state index in [1.54, 1.807) is 0 Å². The molecule has 0 atom stereocenters. The van der Waals surface area contributed by atoms with E-state index < -0.39 is 15.5 Å². The van der Waals surface area contributed by atoms with Gasteiger partial charge in [-0.3, -0.25) is 20.2 Å². The number of halogens is 1. The number of nitrogens with zero attached hydrogens (tertiary/aromatic N) is 4. The van der Waals surface area contributed by atoms with E-state index in [1.165, 1.54) is 25.1 Å². The van der Waals surface area contributed by atoms with Gasteiger partial charge in [-0.25, -0.2) is 4.98 Å². The molecule has 0 radical (unpaired) electrons. The standard InChI is InChI=1S/C11H7ClN4O5/c1-6-7(15(17)18)3-2-4-8(6)21-11-9(16(19)20)10(12)13-5-14-11/h2-5H,1H3. The van der Waals surface area contributed by atoms with E-state index in [4.69, 9.17) is 16.3 Å². The molecular weight excluding hydrogens is 304 g/mol. The van der Waals surface area contributed by atoms with E-state index in [9.17, 15) is 20.2 Å². The topological polar surface area (TPSA) is 121 Å². The molecule has 0 spiro atoms. The molecule has 1 aromatic carbocycles. The van der Waals surface area contributed by atoms with Crippen molar-refractivity contribution in [2.45, 2.75) is 6.92 Å². The Kier molecular flexibility index (Phi) is 3.94. The Morgan fingerprint density at radius 2 is 1.90 bits per heavy atom. The van der Waals surface area contributed by atoms with Gasteiger partial charge in [-0.05, 0) is 13.0 Å². The molecule has 0 N–H and O–H groups in total. The lowest BCUT2D eigenvalue weighted by atomic mass is 10.2. The van der Waals surface area contributed by atoms with Crippen molar-refractivity contribution in [2.24, 2.45) is 0 Å². The van der Waals surface area contributed by atoms with Crippen molar-refractivity contribution in [2.75, 3.05) is 0 Å². The molecular formula is C11H7ClN4O5. The van der Waals surface area contributed by atoms with Crippen LogP contribution >= 0.6 is 11.6 Å². The minimum absolute atomic E-state index is 0.0714. The number of rotatable bonds is 4. The molecule has 2 aromatic rings. The summed E-state index contributed by atoms with van der Waals surface area (Å²) in [7, 11) is 0. The van der Waals surface area contributed by atoms with Gasteiger partial charge in [0.25, 0.3) is 5.69 Å². The van der Waals surface area contributed by atoms with E-state index >= 15 is 0 Å². The fraction of sp³-hybridized carbons (Fsp3) is 0.0909. The summed E-state index contributed by atoms with van der Waals surface area (Å²) in [6.07, 6.45) is 0.997. The maximum absolute atomic E-state index is 10.9. The molecule has 0 saturated carbocycles. The Morgan fingerprint density at radius 1 is 1.19 bits per heavy atom. The van der Waals surface area contributed by atoms with E-state index in [0.29, 0.717) is 0 Å². The molecule has 9 nitrogen and oxygen atoms in total. The lowest BCUT2D eigenvalue weighted by molar-refractivity contribution is -0.386. The number of ether oxygens (including phenoxy) is 1. The highest BCUT2D eigenvalue weighted by Gasteiger charge is 2.25. The summed E-state index contributed by atoms with van der Waals surface area (Å²) >= 11 is 5.63. The van der Waals surface area contributed by atoms with Crippen LogP contribution in [0.1, 0.15) is 5.56 Å². The van der Waals surface area contributed by atoms with Gasteiger partial charge in [-0.1, -0.05) is 17.7 Å². The number of hydrogen-bond acceptors (Lipinski definition) is 7. The van der Waals surface area contributed by atoms with Gasteiger partial charge in [0, 0.05) is 6.07 Å². The molecule has 21 heavy (non-hydrogen) atoms. The second-order valence-corrected chi connectivity index (χ2v) is 4.19. The van der Waals surface area contributed by atoms with Gasteiger partial charge in [0.1, 0.15) is 12.1 Å².